The topological polar surface area (TPSA) is 55.8 Å². The van der Waals surface area contributed by atoms with Gasteiger partial charge in [0, 0.05) is 16.6 Å². The van der Waals surface area contributed by atoms with Gasteiger partial charge in [0.1, 0.15) is 6.61 Å². The van der Waals surface area contributed by atoms with Crippen LogP contribution in [0.4, 0.5) is 4.79 Å². The van der Waals surface area contributed by atoms with Gasteiger partial charge in [0.25, 0.3) is 11.1 Å². The zero-order valence-corrected chi connectivity index (χ0v) is 15.0. The van der Waals surface area contributed by atoms with E-state index in [1.807, 2.05) is 0 Å². The first-order chi connectivity index (χ1) is 11.0. The normalized spacial score (nSPS) is 15.9. The fourth-order valence-electron chi connectivity index (χ4n) is 2.03. The molecule has 0 spiro atoms. The highest BCUT2D eigenvalue weighted by atomic mass is 79.9. The molecule has 1 aromatic rings. The highest BCUT2D eigenvalue weighted by molar-refractivity contribution is 9.10. The van der Waals surface area contributed by atoms with Gasteiger partial charge in [0.05, 0.1) is 12.0 Å². The maximum atomic E-state index is 12.2. The molecule has 1 fully saturated rings. The van der Waals surface area contributed by atoms with Crippen molar-refractivity contribution in [3.8, 4) is 23.8 Å². The number of rotatable bonds is 5. The number of carbonyl (C=O) groups excluding carboxylic acids is 2. The van der Waals surface area contributed by atoms with E-state index in [1.54, 1.807) is 25.1 Å². The van der Waals surface area contributed by atoms with E-state index in [1.165, 1.54) is 12.0 Å². The molecule has 23 heavy (non-hydrogen) atoms. The molecule has 0 unspecified atom stereocenters. The summed E-state index contributed by atoms with van der Waals surface area (Å²) in [6.45, 7) is 2.16. The molecule has 1 aliphatic heterocycles. The van der Waals surface area contributed by atoms with Crippen LogP contribution in [0.5, 0.6) is 11.5 Å². The Hall–Kier alpha value is -1.91. The Labute approximate surface area is 147 Å². The Kier molecular flexibility index (Phi) is 5.74. The molecule has 2 rings (SSSR count). The van der Waals surface area contributed by atoms with Crippen molar-refractivity contribution in [3.05, 3.63) is 27.1 Å². The monoisotopic (exact) mass is 395 g/mol. The molecule has 0 bridgehead atoms. The second kappa shape index (κ2) is 7.57. The maximum absolute atomic E-state index is 12.2. The predicted octanol–water partition coefficient (Wildman–Crippen LogP) is 3.53. The van der Waals surface area contributed by atoms with Crippen molar-refractivity contribution in [2.75, 3.05) is 20.3 Å². The Balaban J connectivity index is 2.48. The number of ether oxygens (including phenoxy) is 2. The number of hydrogen-bond donors (Lipinski definition) is 0. The van der Waals surface area contributed by atoms with E-state index in [2.05, 4.69) is 21.9 Å². The number of terminal acetylenes is 1. The molecule has 7 heteroatoms. The van der Waals surface area contributed by atoms with Gasteiger partial charge < -0.3 is 9.47 Å². The first-order valence-electron chi connectivity index (χ1n) is 6.71. The minimum atomic E-state index is -0.315. The van der Waals surface area contributed by atoms with Crippen molar-refractivity contribution in [2.45, 2.75) is 6.92 Å². The summed E-state index contributed by atoms with van der Waals surface area (Å²) in [6.07, 6.45) is 6.85. The number of carbonyl (C=O) groups is 2. The molecule has 120 valence electrons. The van der Waals surface area contributed by atoms with Crippen LogP contribution in [0.25, 0.3) is 6.08 Å². The number of halogens is 1. The van der Waals surface area contributed by atoms with E-state index < -0.39 is 0 Å². The van der Waals surface area contributed by atoms with Gasteiger partial charge in [0.15, 0.2) is 11.5 Å². The Morgan fingerprint density at radius 1 is 1.43 bits per heavy atom. The Morgan fingerprint density at radius 2 is 2.17 bits per heavy atom. The maximum Gasteiger partial charge on any atom is 0.293 e. The minimum absolute atomic E-state index is 0.0648. The van der Waals surface area contributed by atoms with Gasteiger partial charge >= 0.3 is 0 Å². The molecule has 1 saturated heterocycles. The molecule has 0 N–H and O–H groups in total. The molecule has 2 amide bonds. The molecule has 1 aliphatic rings. The number of thioether (sulfide) groups is 1. The van der Waals surface area contributed by atoms with Crippen LogP contribution >= 0.6 is 27.7 Å². The molecule has 0 atom stereocenters. The minimum Gasteiger partial charge on any atom is -0.493 e. The van der Waals surface area contributed by atoms with E-state index in [9.17, 15) is 9.59 Å². The highest BCUT2D eigenvalue weighted by Gasteiger charge is 2.34. The summed E-state index contributed by atoms with van der Waals surface area (Å²) in [7, 11) is 1.51. The van der Waals surface area contributed by atoms with Gasteiger partial charge in [-0.15, -0.1) is 6.42 Å². The third kappa shape index (κ3) is 3.71. The van der Waals surface area contributed by atoms with Crippen LogP contribution in [0.15, 0.2) is 21.5 Å². The summed E-state index contributed by atoms with van der Waals surface area (Å²) in [5.41, 5.74) is 0.605. The molecular weight excluding hydrogens is 382 g/mol. The molecular formula is C16H14BrNO4S. The molecule has 0 radical (unpaired) electrons. The van der Waals surface area contributed by atoms with Crippen molar-refractivity contribution >= 4 is 44.9 Å². The van der Waals surface area contributed by atoms with Crippen LogP contribution < -0.4 is 9.47 Å². The van der Waals surface area contributed by atoms with Crippen LogP contribution in [0.1, 0.15) is 12.5 Å². The van der Waals surface area contributed by atoms with Crippen LogP contribution in [0, 0.1) is 12.3 Å². The number of hydrogen-bond acceptors (Lipinski definition) is 5. The van der Waals surface area contributed by atoms with Gasteiger partial charge in [-0.2, -0.15) is 0 Å². The first kappa shape index (κ1) is 17.4. The Bertz CT molecular complexity index is 724. The third-order valence-corrected chi connectivity index (χ3v) is 4.41. The zero-order chi connectivity index (χ0) is 17.0. The SMILES string of the molecule is C#CCOc1c(/C=C2/SC(=O)N(CC)C2=O)cc(Br)cc1OC. The van der Waals surface area contributed by atoms with E-state index in [0.29, 0.717) is 28.5 Å². The highest BCUT2D eigenvalue weighted by Crippen LogP contribution is 2.39. The molecule has 0 saturated carbocycles. The molecule has 1 aromatic carbocycles. The van der Waals surface area contributed by atoms with Gasteiger partial charge in [-0.25, -0.2) is 0 Å². The quantitative estimate of drug-likeness (QED) is 0.563. The predicted molar refractivity (Wildman–Crippen MR) is 93.4 cm³/mol. The van der Waals surface area contributed by atoms with Crippen molar-refractivity contribution in [3.63, 3.8) is 0 Å². The van der Waals surface area contributed by atoms with E-state index in [0.717, 1.165) is 16.2 Å². The third-order valence-electron chi connectivity index (χ3n) is 3.04. The number of amides is 2. The number of methoxy groups -OCH3 is 1. The van der Waals surface area contributed by atoms with Gasteiger partial charge in [-0.05, 0) is 36.9 Å². The summed E-state index contributed by atoms with van der Waals surface area (Å²) in [5, 5.41) is -0.281. The van der Waals surface area contributed by atoms with Crippen LogP contribution in [0.3, 0.4) is 0 Å². The summed E-state index contributed by atoms with van der Waals surface area (Å²) in [4.78, 5) is 25.5. The number of likely N-dealkylation sites (N-methyl/N-ethyl adjacent to an activating group) is 1. The van der Waals surface area contributed by atoms with Crippen molar-refractivity contribution in [1.82, 2.24) is 4.90 Å². The van der Waals surface area contributed by atoms with Gasteiger partial charge in [-0.1, -0.05) is 21.9 Å². The van der Waals surface area contributed by atoms with Crippen LogP contribution in [-0.4, -0.2) is 36.3 Å². The zero-order valence-electron chi connectivity index (χ0n) is 12.6. The lowest BCUT2D eigenvalue weighted by molar-refractivity contribution is -0.122. The summed E-state index contributed by atoms with van der Waals surface area (Å²) >= 11 is 4.28. The van der Waals surface area contributed by atoms with Crippen LogP contribution in [-0.2, 0) is 4.79 Å². The fourth-order valence-corrected chi connectivity index (χ4v) is 3.38. The summed E-state index contributed by atoms with van der Waals surface area (Å²) < 4.78 is 11.6. The molecule has 1 heterocycles. The van der Waals surface area contributed by atoms with Crippen LogP contribution in [0.2, 0.25) is 0 Å². The van der Waals surface area contributed by atoms with Gasteiger partial charge in [-0.3, -0.25) is 14.5 Å². The molecule has 0 aromatic heterocycles. The number of nitrogens with zero attached hydrogens (tertiary/aromatic N) is 1. The lowest BCUT2D eigenvalue weighted by Crippen LogP contribution is -2.27. The van der Waals surface area contributed by atoms with Crippen molar-refractivity contribution in [2.24, 2.45) is 0 Å². The largest absolute Gasteiger partial charge is 0.493 e. The summed E-state index contributed by atoms with van der Waals surface area (Å²) in [6, 6.07) is 3.51. The lowest BCUT2D eigenvalue weighted by Gasteiger charge is -2.13. The van der Waals surface area contributed by atoms with E-state index in [4.69, 9.17) is 15.9 Å². The fraction of sp³-hybridized carbons (Fsp3) is 0.250. The van der Waals surface area contributed by atoms with Gasteiger partial charge in [0.2, 0.25) is 0 Å². The van der Waals surface area contributed by atoms with Crippen molar-refractivity contribution in [1.29, 1.82) is 0 Å². The second-order valence-corrected chi connectivity index (χ2v) is 6.35. The Morgan fingerprint density at radius 3 is 2.74 bits per heavy atom. The summed E-state index contributed by atoms with van der Waals surface area (Å²) in [5.74, 6) is 2.98. The number of benzene rings is 1. The van der Waals surface area contributed by atoms with E-state index in [-0.39, 0.29) is 17.8 Å². The average Bonchev–Trinajstić information content (AvgIpc) is 2.79. The lowest BCUT2D eigenvalue weighted by atomic mass is 10.1. The molecule has 0 aliphatic carbocycles. The second-order valence-electron chi connectivity index (χ2n) is 4.45. The average molecular weight is 396 g/mol. The smallest absolute Gasteiger partial charge is 0.293 e. The number of imide groups is 1. The van der Waals surface area contributed by atoms with Crippen molar-refractivity contribution < 1.29 is 19.1 Å². The first-order valence-corrected chi connectivity index (χ1v) is 8.31. The van der Waals surface area contributed by atoms with E-state index >= 15 is 0 Å². The molecule has 5 nitrogen and oxygen atoms in total. The standard InChI is InChI=1S/C16H14BrNO4S/c1-4-6-22-14-10(7-11(17)9-12(14)21-3)8-13-15(19)18(5-2)16(20)23-13/h1,7-9H,5-6H2,2-3H3/b13-8+.